The van der Waals surface area contributed by atoms with Crippen LogP contribution in [0.5, 0.6) is 0 Å². The van der Waals surface area contributed by atoms with Gasteiger partial charge in [0.1, 0.15) is 6.04 Å². The van der Waals surface area contributed by atoms with Crippen LogP contribution < -0.4 is 10.6 Å². The lowest BCUT2D eigenvalue weighted by molar-refractivity contribution is -0.144. The van der Waals surface area contributed by atoms with E-state index in [2.05, 4.69) is 10.6 Å². The Bertz CT molecular complexity index is 582. The lowest BCUT2D eigenvalue weighted by atomic mass is 10.0. The molecule has 1 aromatic rings. The molecule has 0 spiro atoms. The van der Waals surface area contributed by atoms with Crippen molar-refractivity contribution in [3.63, 3.8) is 0 Å². The average molecular weight is 306 g/mol. The number of esters is 1. The van der Waals surface area contributed by atoms with Crippen LogP contribution in [-0.2, 0) is 14.3 Å². The van der Waals surface area contributed by atoms with Gasteiger partial charge in [-0.25, -0.2) is 4.79 Å². The summed E-state index contributed by atoms with van der Waals surface area (Å²) in [4.78, 5) is 35.2. The number of aryl methyl sites for hydroxylation is 1. The molecule has 0 heterocycles. The van der Waals surface area contributed by atoms with Gasteiger partial charge in [-0.3, -0.25) is 9.59 Å². The van der Waals surface area contributed by atoms with Crippen molar-refractivity contribution in [2.75, 3.05) is 12.4 Å². The van der Waals surface area contributed by atoms with Crippen molar-refractivity contribution in [1.29, 1.82) is 0 Å². The normalized spacial score (nSPS) is 11.7. The van der Waals surface area contributed by atoms with E-state index >= 15 is 0 Å². The molecule has 22 heavy (non-hydrogen) atoms. The molecule has 1 atom stereocenters. The molecule has 1 unspecified atom stereocenters. The molecule has 6 nitrogen and oxygen atoms in total. The largest absolute Gasteiger partial charge is 0.467 e. The number of hydrogen-bond donors (Lipinski definition) is 2. The predicted octanol–water partition coefficient (Wildman–Crippen LogP) is 1.88. The van der Waals surface area contributed by atoms with E-state index in [0.29, 0.717) is 11.3 Å². The second-order valence-corrected chi connectivity index (χ2v) is 5.43. The van der Waals surface area contributed by atoms with Crippen LogP contribution in [0.2, 0.25) is 0 Å². The fourth-order valence-corrected chi connectivity index (χ4v) is 1.94. The summed E-state index contributed by atoms with van der Waals surface area (Å²) in [5.41, 5.74) is 1.78. The summed E-state index contributed by atoms with van der Waals surface area (Å²) >= 11 is 0. The van der Waals surface area contributed by atoms with Gasteiger partial charge in [-0.15, -0.1) is 0 Å². The summed E-state index contributed by atoms with van der Waals surface area (Å²) < 4.78 is 4.70. The number of amides is 2. The molecule has 0 radical (unpaired) electrons. The Kier molecular flexibility index (Phi) is 6.10. The van der Waals surface area contributed by atoms with Crippen LogP contribution in [0.25, 0.3) is 0 Å². The minimum Gasteiger partial charge on any atom is -0.467 e. The van der Waals surface area contributed by atoms with Crippen molar-refractivity contribution < 1.29 is 19.1 Å². The molecule has 0 aromatic heterocycles. The number of benzene rings is 1. The van der Waals surface area contributed by atoms with Crippen molar-refractivity contribution in [3.05, 3.63) is 29.3 Å². The fraction of sp³-hybridized carbons (Fsp3) is 0.438. The summed E-state index contributed by atoms with van der Waals surface area (Å²) in [5.74, 6) is -1.19. The highest BCUT2D eigenvalue weighted by Crippen LogP contribution is 2.17. The Labute approximate surface area is 130 Å². The fourth-order valence-electron chi connectivity index (χ4n) is 1.94. The Morgan fingerprint density at radius 2 is 1.82 bits per heavy atom. The van der Waals surface area contributed by atoms with Gasteiger partial charge in [-0.2, -0.15) is 0 Å². The maximum absolute atomic E-state index is 12.3. The number of ether oxygens (including phenoxy) is 1. The first-order valence-corrected chi connectivity index (χ1v) is 7.03. The van der Waals surface area contributed by atoms with Crippen molar-refractivity contribution in [2.24, 2.45) is 5.92 Å². The van der Waals surface area contributed by atoms with E-state index in [1.165, 1.54) is 14.0 Å². The summed E-state index contributed by atoms with van der Waals surface area (Å²) in [5, 5.41) is 5.33. The van der Waals surface area contributed by atoms with Gasteiger partial charge in [0.25, 0.3) is 5.91 Å². The molecular weight excluding hydrogens is 284 g/mol. The smallest absolute Gasteiger partial charge is 0.328 e. The third kappa shape index (κ3) is 4.58. The van der Waals surface area contributed by atoms with Crippen molar-refractivity contribution in [3.8, 4) is 0 Å². The third-order valence-electron chi connectivity index (χ3n) is 3.22. The van der Waals surface area contributed by atoms with Gasteiger partial charge in [-0.1, -0.05) is 19.9 Å². The van der Waals surface area contributed by atoms with Gasteiger partial charge in [0, 0.05) is 18.2 Å². The van der Waals surface area contributed by atoms with E-state index in [1.54, 1.807) is 18.2 Å². The van der Waals surface area contributed by atoms with Crippen LogP contribution in [0.1, 0.15) is 36.7 Å². The molecule has 2 N–H and O–H groups in total. The van der Waals surface area contributed by atoms with Crippen molar-refractivity contribution in [1.82, 2.24) is 5.32 Å². The number of methoxy groups -OCH3 is 1. The molecule has 0 saturated heterocycles. The third-order valence-corrected chi connectivity index (χ3v) is 3.22. The number of rotatable bonds is 5. The summed E-state index contributed by atoms with van der Waals surface area (Å²) in [7, 11) is 1.28. The highest BCUT2D eigenvalue weighted by atomic mass is 16.5. The van der Waals surface area contributed by atoms with E-state index in [1.807, 2.05) is 20.8 Å². The van der Waals surface area contributed by atoms with E-state index in [0.717, 1.165) is 5.56 Å². The van der Waals surface area contributed by atoms with E-state index < -0.39 is 17.9 Å². The van der Waals surface area contributed by atoms with E-state index in [9.17, 15) is 14.4 Å². The van der Waals surface area contributed by atoms with Crippen LogP contribution in [-0.4, -0.2) is 30.9 Å². The lowest BCUT2D eigenvalue weighted by Crippen LogP contribution is -2.45. The first kappa shape index (κ1) is 17.7. The molecule has 2 amide bonds. The summed E-state index contributed by atoms with van der Waals surface area (Å²) in [6, 6.07) is 4.25. The second-order valence-electron chi connectivity index (χ2n) is 5.43. The SMILES string of the molecule is COC(=O)C(NC(=O)c1ccc(C)c(NC(C)=O)c1)C(C)C. The zero-order chi connectivity index (χ0) is 16.9. The van der Waals surface area contributed by atoms with Crippen molar-refractivity contribution >= 4 is 23.5 Å². The summed E-state index contributed by atoms with van der Waals surface area (Å²) in [6.45, 7) is 6.87. The molecule has 0 aliphatic carbocycles. The van der Waals surface area contributed by atoms with E-state index in [4.69, 9.17) is 4.74 Å². The Morgan fingerprint density at radius 3 is 2.32 bits per heavy atom. The summed E-state index contributed by atoms with van der Waals surface area (Å²) in [6.07, 6.45) is 0. The van der Waals surface area contributed by atoms with Gasteiger partial charge < -0.3 is 15.4 Å². The Balaban J connectivity index is 2.97. The number of carbonyl (C=O) groups excluding carboxylic acids is 3. The van der Waals surface area contributed by atoms with Crippen LogP contribution in [0.4, 0.5) is 5.69 Å². The molecule has 0 saturated carbocycles. The zero-order valence-electron chi connectivity index (χ0n) is 13.5. The molecule has 120 valence electrons. The molecule has 0 bridgehead atoms. The molecule has 1 aromatic carbocycles. The highest BCUT2D eigenvalue weighted by molar-refractivity contribution is 5.99. The molecule has 6 heteroatoms. The minimum atomic E-state index is -0.719. The Morgan fingerprint density at radius 1 is 1.18 bits per heavy atom. The average Bonchev–Trinajstić information content (AvgIpc) is 2.45. The van der Waals surface area contributed by atoms with Gasteiger partial charge in [0.05, 0.1) is 7.11 Å². The topological polar surface area (TPSA) is 84.5 Å². The molecule has 0 aliphatic heterocycles. The monoisotopic (exact) mass is 306 g/mol. The van der Waals surface area contributed by atoms with Crippen molar-refractivity contribution in [2.45, 2.75) is 33.7 Å². The second kappa shape index (κ2) is 7.59. The first-order chi connectivity index (χ1) is 10.3. The standard InChI is InChI=1S/C16H22N2O4/c1-9(2)14(16(21)22-5)18-15(20)12-7-6-10(3)13(8-12)17-11(4)19/h6-9,14H,1-5H3,(H,17,19)(H,18,20). The van der Waals surface area contributed by atoms with Gasteiger partial charge in [-0.05, 0) is 30.5 Å². The number of carbonyl (C=O) groups is 3. The van der Waals surface area contributed by atoms with Crippen LogP contribution >= 0.6 is 0 Å². The zero-order valence-corrected chi connectivity index (χ0v) is 13.5. The van der Waals surface area contributed by atoms with Gasteiger partial charge in [0.15, 0.2) is 0 Å². The molecule has 0 fully saturated rings. The predicted molar refractivity (Wildman–Crippen MR) is 83.6 cm³/mol. The van der Waals surface area contributed by atoms with Crippen LogP contribution in [0, 0.1) is 12.8 Å². The molecule has 1 rings (SSSR count). The maximum Gasteiger partial charge on any atom is 0.328 e. The molecule has 0 aliphatic rings. The maximum atomic E-state index is 12.3. The number of hydrogen-bond acceptors (Lipinski definition) is 4. The van der Waals surface area contributed by atoms with Gasteiger partial charge in [0.2, 0.25) is 5.91 Å². The highest BCUT2D eigenvalue weighted by Gasteiger charge is 2.25. The number of anilines is 1. The Hall–Kier alpha value is -2.37. The molecular formula is C16H22N2O4. The quantitative estimate of drug-likeness (QED) is 0.814. The van der Waals surface area contributed by atoms with Gasteiger partial charge >= 0.3 is 5.97 Å². The lowest BCUT2D eigenvalue weighted by Gasteiger charge is -2.20. The number of nitrogens with one attached hydrogen (secondary N) is 2. The minimum absolute atomic E-state index is 0.100. The van der Waals surface area contributed by atoms with Crippen LogP contribution in [0.15, 0.2) is 18.2 Å². The van der Waals surface area contributed by atoms with Crippen LogP contribution in [0.3, 0.4) is 0 Å². The first-order valence-electron chi connectivity index (χ1n) is 7.03. The van der Waals surface area contributed by atoms with E-state index in [-0.39, 0.29) is 11.8 Å².